The van der Waals surface area contributed by atoms with Gasteiger partial charge in [-0.05, 0) is 44.7 Å². The van der Waals surface area contributed by atoms with E-state index in [0.29, 0.717) is 29.1 Å². The minimum absolute atomic E-state index is 0.0833. The number of carbonyl (C=O) groups is 1. The molecule has 1 aromatic carbocycles. The van der Waals surface area contributed by atoms with Crippen molar-refractivity contribution in [3.05, 3.63) is 46.2 Å². The van der Waals surface area contributed by atoms with Gasteiger partial charge in [0.15, 0.2) is 0 Å². The number of aromatic nitrogens is 5. The third-order valence-electron chi connectivity index (χ3n) is 5.71. The fourth-order valence-corrected chi connectivity index (χ4v) is 4.64. The fraction of sp³-hybridized carbons (Fsp3) is 0.476. The van der Waals surface area contributed by atoms with E-state index in [4.69, 9.17) is 0 Å². The van der Waals surface area contributed by atoms with Crippen molar-refractivity contribution >= 4 is 22.4 Å². The summed E-state index contributed by atoms with van der Waals surface area (Å²) in [5, 5.41) is 17.5. The van der Waals surface area contributed by atoms with Crippen LogP contribution in [0.15, 0.2) is 24.4 Å². The zero-order valence-corrected chi connectivity index (χ0v) is 19.2. The average Bonchev–Trinajstić information content (AvgIpc) is 3.41. The summed E-state index contributed by atoms with van der Waals surface area (Å²) < 4.78 is 38.5. The number of carbonyl (C=O) groups excluding carboxylic acids is 1. The number of piperidine rings is 1. The molecular weight excluding hydrogens is 455 g/mol. The lowest BCUT2D eigenvalue weighted by Crippen LogP contribution is -2.51. The van der Waals surface area contributed by atoms with E-state index < -0.39 is 11.2 Å². The molecule has 2 atom stereocenters. The highest BCUT2D eigenvalue weighted by Gasteiger charge is 2.37. The van der Waals surface area contributed by atoms with Gasteiger partial charge in [-0.25, -0.2) is 0 Å². The summed E-state index contributed by atoms with van der Waals surface area (Å²) in [6.45, 7) is 6.61. The molecule has 0 aliphatic carbocycles. The zero-order valence-electron chi connectivity index (χ0n) is 18.4. The quantitative estimate of drug-likeness (QED) is 0.593. The van der Waals surface area contributed by atoms with Gasteiger partial charge in [0.05, 0.1) is 29.2 Å². The molecule has 0 radical (unpaired) electrons. The van der Waals surface area contributed by atoms with Crippen molar-refractivity contribution in [1.29, 1.82) is 0 Å². The molecule has 33 heavy (non-hydrogen) atoms. The third-order valence-corrected chi connectivity index (χ3v) is 6.64. The van der Waals surface area contributed by atoms with Gasteiger partial charge in [0.25, 0.3) is 5.91 Å². The third kappa shape index (κ3) is 5.00. The number of anilines is 1. The smallest absolute Gasteiger partial charge is 0.358 e. The minimum atomic E-state index is -4.53. The number of aryl methyl sites for hydroxylation is 2. The van der Waals surface area contributed by atoms with Crippen LogP contribution in [0.3, 0.4) is 0 Å². The summed E-state index contributed by atoms with van der Waals surface area (Å²) in [5.41, 5.74) is 2.74. The van der Waals surface area contributed by atoms with E-state index in [2.05, 4.69) is 25.7 Å². The molecule has 1 unspecified atom stereocenters. The summed E-state index contributed by atoms with van der Waals surface area (Å²) in [5.74, 6) is -0.00112. The van der Waals surface area contributed by atoms with E-state index in [-0.39, 0.29) is 29.5 Å². The Morgan fingerprint density at radius 2 is 2.06 bits per heavy atom. The van der Waals surface area contributed by atoms with Gasteiger partial charge in [-0.2, -0.15) is 28.2 Å². The van der Waals surface area contributed by atoms with Crippen molar-refractivity contribution in [3.63, 3.8) is 0 Å². The lowest BCUT2D eigenvalue weighted by Gasteiger charge is -2.40. The van der Waals surface area contributed by atoms with E-state index >= 15 is 0 Å². The van der Waals surface area contributed by atoms with Crippen molar-refractivity contribution in [2.75, 3.05) is 18.4 Å². The first-order chi connectivity index (χ1) is 15.6. The Kier molecular flexibility index (Phi) is 6.37. The van der Waals surface area contributed by atoms with E-state index in [1.165, 1.54) is 4.80 Å². The maximum Gasteiger partial charge on any atom is 0.445 e. The van der Waals surface area contributed by atoms with Crippen LogP contribution in [0.5, 0.6) is 0 Å². The second-order valence-electron chi connectivity index (χ2n) is 8.27. The number of nitrogens with one attached hydrogen (secondary N) is 1. The highest BCUT2D eigenvalue weighted by Crippen LogP contribution is 2.33. The topological polar surface area (TPSA) is 88.8 Å². The second-order valence-corrected chi connectivity index (χ2v) is 9.25. The van der Waals surface area contributed by atoms with Crippen LogP contribution >= 0.6 is 11.3 Å². The van der Waals surface area contributed by atoms with Gasteiger partial charge in [-0.3, -0.25) is 4.79 Å². The van der Waals surface area contributed by atoms with Crippen LogP contribution in [0.1, 0.15) is 46.4 Å². The molecule has 3 heterocycles. The van der Waals surface area contributed by atoms with Crippen molar-refractivity contribution in [2.24, 2.45) is 5.92 Å². The van der Waals surface area contributed by atoms with Crippen LogP contribution in [-0.2, 0) is 6.18 Å². The maximum atomic E-state index is 13.7. The molecule has 1 N–H and O–H groups in total. The lowest BCUT2D eigenvalue weighted by molar-refractivity contribution is -0.138. The molecule has 2 aromatic heterocycles. The predicted octanol–water partition coefficient (Wildman–Crippen LogP) is 4.11. The van der Waals surface area contributed by atoms with Gasteiger partial charge in [-0.15, -0.1) is 10.2 Å². The minimum Gasteiger partial charge on any atom is -0.358 e. The Labute approximate surface area is 192 Å². The van der Waals surface area contributed by atoms with Crippen LogP contribution in [0, 0.1) is 19.8 Å². The largest absolute Gasteiger partial charge is 0.445 e. The van der Waals surface area contributed by atoms with Gasteiger partial charge in [-0.1, -0.05) is 29.9 Å². The molecule has 1 saturated heterocycles. The molecule has 8 nitrogen and oxygen atoms in total. The monoisotopic (exact) mass is 479 g/mol. The van der Waals surface area contributed by atoms with Crippen LogP contribution in [-0.4, -0.2) is 55.1 Å². The number of amides is 1. The average molecular weight is 480 g/mol. The fourth-order valence-electron chi connectivity index (χ4n) is 4.02. The molecule has 1 fully saturated rings. The summed E-state index contributed by atoms with van der Waals surface area (Å²) >= 11 is 0.458. The summed E-state index contributed by atoms with van der Waals surface area (Å²) in [4.78, 5) is 17.0. The first-order valence-electron chi connectivity index (χ1n) is 10.6. The van der Waals surface area contributed by atoms with Gasteiger partial charge < -0.3 is 10.2 Å². The second kappa shape index (κ2) is 9.08. The maximum absolute atomic E-state index is 13.7. The number of halogens is 3. The van der Waals surface area contributed by atoms with Gasteiger partial charge in [0.2, 0.25) is 10.1 Å². The molecular formula is C21H24F3N7OS. The van der Waals surface area contributed by atoms with Gasteiger partial charge in [0, 0.05) is 13.1 Å². The standard InChI is InChI=1S/C21H24F3N7OS/c1-12-6-7-16(31-26-10-14(3)29-31)15(9-12)18(32)30-8-4-5-13(2)17(30)11-25-20-28-27-19(33-20)21(22,23)24/h6-7,9-10,13,17H,4-5,8,11H2,1-3H3,(H,25,28)/t13-,17?/m1/s1. The highest BCUT2D eigenvalue weighted by atomic mass is 32.1. The molecule has 0 bridgehead atoms. The molecule has 12 heteroatoms. The molecule has 1 aliphatic heterocycles. The van der Waals surface area contributed by atoms with Crippen LogP contribution < -0.4 is 5.32 Å². The summed E-state index contributed by atoms with van der Waals surface area (Å²) in [6, 6.07) is 5.32. The lowest BCUT2D eigenvalue weighted by atomic mass is 9.90. The summed E-state index contributed by atoms with van der Waals surface area (Å²) in [7, 11) is 0. The molecule has 1 aliphatic rings. The van der Waals surface area contributed by atoms with Crippen LogP contribution in [0.4, 0.5) is 18.3 Å². The summed E-state index contributed by atoms with van der Waals surface area (Å²) in [6.07, 6.45) is -1.14. The number of rotatable bonds is 5. The normalized spacial score (nSPS) is 19.0. The highest BCUT2D eigenvalue weighted by molar-refractivity contribution is 7.15. The number of nitrogens with zero attached hydrogens (tertiary/aromatic N) is 6. The Morgan fingerprint density at radius 1 is 1.27 bits per heavy atom. The first-order valence-corrected chi connectivity index (χ1v) is 11.4. The number of hydrogen-bond acceptors (Lipinski definition) is 7. The zero-order chi connectivity index (χ0) is 23.8. The van der Waals surface area contributed by atoms with Crippen LogP contribution in [0.25, 0.3) is 5.69 Å². The SMILES string of the molecule is Cc1ccc(-n2ncc(C)n2)c(C(=O)N2CCC[C@@H](C)C2CNc2nnc(C(F)(F)F)s2)c1. The molecule has 3 aromatic rings. The number of likely N-dealkylation sites (tertiary alicyclic amines) is 1. The number of benzene rings is 1. The molecule has 4 rings (SSSR count). The predicted molar refractivity (Wildman–Crippen MR) is 117 cm³/mol. The van der Waals surface area contributed by atoms with Gasteiger partial charge in [0.1, 0.15) is 0 Å². The van der Waals surface area contributed by atoms with Crippen molar-refractivity contribution in [3.8, 4) is 5.69 Å². The molecule has 0 spiro atoms. The Hall–Kier alpha value is -3.02. The van der Waals surface area contributed by atoms with Crippen LogP contribution in [0.2, 0.25) is 0 Å². The van der Waals surface area contributed by atoms with E-state index in [1.54, 1.807) is 11.1 Å². The molecule has 176 valence electrons. The Morgan fingerprint density at radius 3 is 2.73 bits per heavy atom. The number of alkyl halides is 3. The Balaban J connectivity index is 1.58. The van der Waals surface area contributed by atoms with E-state index in [0.717, 1.165) is 24.1 Å². The molecule has 1 amide bonds. The van der Waals surface area contributed by atoms with Crippen molar-refractivity contribution < 1.29 is 18.0 Å². The van der Waals surface area contributed by atoms with E-state index in [1.807, 2.05) is 39.0 Å². The Bertz CT molecular complexity index is 1140. The van der Waals surface area contributed by atoms with Gasteiger partial charge >= 0.3 is 6.18 Å². The van der Waals surface area contributed by atoms with Crippen molar-refractivity contribution in [1.82, 2.24) is 30.1 Å². The van der Waals surface area contributed by atoms with Crippen molar-refractivity contribution in [2.45, 2.75) is 45.8 Å². The van der Waals surface area contributed by atoms with E-state index in [9.17, 15) is 18.0 Å². The number of hydrogen-bond donors (Lipinski definition) is 1. The first kappa shape index (κ1) is 23.1. The molecule has 0 saturated carbocycles.